The predicted molar refractivity (Wildman–Crippen MR) is 103 cm³/mol. The van der Waals surface area contributed by atoms with E-state index in [1.807, 2.05) is 0 Å². The van der Waals surface area contributed by atoms with Crippen LogP contribution in [0.3, 0.4) is 0 Å². The maximum absolute atomic E-state index is 12.3. The lowest BCUT2D eigenvalue weighted by atomic mass is 10.2. The van der Waals surface area contributed by atoms with Gasteiger partial charge >= 0.3 is 0 Å². The first-order chi connectivity index (χ1) is 12.9. The van der Waals surface area contributed by atoms with Gasteiger partial charge in [0.1, 0.15) is 5.82 Å². The molecule has 0 bridgehead atoms. The van der Waals surface area contributed by atoms with Crippen LogP contribution in [0.2, 0.25) is 10.0 Å². The molecule has 0 unspecified atom stereocenters. The van der Waals surface area contributed by atoms with Gasteiger partial charge in [-0.05, 0) is 55.5 Å². The number of rotatable bonds is 4. The Bertz CT molecular complexity index is 914. The third kappa shape index (κ3) is 4.99. The van der Waals surface area contributed by atoms with Gasteiger partial charge < -0.3 is 0 Å². The van der Waals surface area contributed by atoms with E-state index in [1.165, 1.54) is 0 Å². The average Bonchev–Trinajstić information content (AvgIpc) is 2.62. The first-order valence-electron chi connectivity index (χ1n) is 7.77. The van der Waals surface area contributed by atoms with Gasteiger partial charge in [-0.3, -0.25) is 20.2 Å². The number of hydrogen-bond donors (Lipinski definition) is 2. The molecule has 0 radical (unpaired) electrons. The largest absolute Gasteiger partial charge is 0.290 e. The van der Waals surface area contributed by atoms with E-state index in [0.29, 0.717) is 27.0 Å². The Kier molecular flexibility index (Phi) is 5.63. The first kappa shape index (κ1) is 18.8. The number of carbonyl (C=O) groups is 2. The van der Waals surface area contributed by atoms with Crippen molar-refractivity contribution in [2.24, 2.45) is 0 Å². The smallest absolute Gasteiger partial charge is 0.258 e. The van der Waals surface area contributed by atoms with Gasteiger partial charge in [-0.25, -0.2) is 0 Å². The summed E-state index contributed by atoms with van der Waals surface area (Å²) in [4.78, 5) is 36.7. The second kappa shape index (κ2) is 8.11. The van der Waals surface area contributed by atoms with Crippen LogP contribution in [0.15, 0.2) is 48.5 Å². The molecule has 3 rings (SSSR count). The third-order valence-electron chi connectivity index (χ3n) is 3.41. The minimum atomic E-state index is -0.410. The van der Waals surface area contributed by atoms with E-state index in [1.54, 1.807) is 55.5 Å². The van der Waals surface area contributed by atoms with Crippen LogP contribution in [0.1, 0.15) is 26.5 Å². The zero-order chi connectivity index (χ0) is 19.4. The lowest BCUT2D eigenvalue weighted by Gasteiger charge is -2.08. The number of benzene rings is 2. The number of hydrogen-bond acceptors (Lipinski definition) is 5. The minimum Gasteiger partial charge on any atom is -0.290 e. The highest BCUT2D eigenvalue weighted by Crippen LogP contribution is 2.13. The molecule has 7 nitrogen and oxygen atoms in total. The normalized spacial score (nSPS) is 10.3. The Balaban J connectivity index is 1.75. The van der Waals surface area contributed by atoms with Crippen LogP contribution in [-0.4, -0.2) is 26.8 Å². The fourth-order valence-electron chi connectivity index (χ4n) is 2.14. The quantitative estimate of drug-likeness (QED) is 0.688. The molecule has 0 fully saturated rings. The number of carbonyl (C=O) groups excluding carboxylic acids is 2. The second-order valence-electron chi connectivity index (χ2n) is 5.45. The van der Waals surface area contributed by atoms with E-state index in [-0.39, 0.29) is 11.9 Å². The van der Waals surface area contributed by atoms with E-state index in [2.05, 4.69) is 25.6 Å². The van der Waals surface area contributed by atoms with Crippen LogP contribution in [0.25, 0.3) is 0 Å². The van der Waals surface area contributed by atoms with E-state index in [4.69, 9.17) is 23.2 Å². The van der Waals surface area contributed by atoms with Crippen LogP contribution < -0.4 is 10.6 Å². The molecule has 9 heteroatoms. The molecule has 0 saturated carbocycles. The zero-order valence-corrected chi connectivity index (χ0v) is 15.5. The molecule has 136 valence electrons. The highest BCUT2D eigenvalue weighted by atomic mass is 35.5. The van der Waals surface area contributed by atoms with E-state index >= 15 is 0 Å². The molecule has 0 aliphatic carbocycles. The monoisotopic (exact) mass is 401 g/mol. The summed E-state index contributed by atoms with van der Waals surface area (Å²) >= 11 is 11.6. The third-order valence-corrected chi connectivity index (χ3v) is 3.91. The number of nitrogens with one attached hydrogen (secondary N) is 2. The van der Waals surface area contributed by atoms with Crippen molar-refractivity contribution in [3.8, 4) is 0 Å². The standard InChI is InChI=1S/C18H13Cl2N5O2/c1-10-21-17(23-15(26)11-2-6-13(19)7-3-11)25-18(22-10)24-16(27)12-4-8-14(20)9-5-12/h2-9H,1H3,(H2,21,22,23,24,25,26,27). The molecule has 2 amide bonds. The summed E-state index contributed by atoms with van der Waals surface area (Å²) in [5.74, 6) is -0.440. The van der Waals surface area contributed by atoms with Crippen LogP contribution in [0, 0.1) is 6.92 Å². The van der Waals surface area contributed by atoms with Crippen molar-refractivity contribution in [1.29, 1.82) is 0 Å². The molecule has 0 spiro atoms. The van der Waals surface area contributed by atoms with Crippen molar-refractivity contribution in [2.45, 2.75) is 6.92 Å². The van der Waals surface area contributed by atoms with Crippen LogP contribution in [-0.2, 0) is 0 Å². The number of aryl methyl sites for hydroxylation is 1. The van der Waals surface area contributed by atoms with E-state index in [9.17, 15) is 9.59 Å². The zero-order valence-electron chi connectivity index (χ0n) is 14.0. The molecule has 1 aromatic heterocycles. The molecule has 2 aromatic carbocycles. The highest BCUT2D eigenvalue weighted by molar-refractivity contribution is 6.31. The summed E-state index contributed by atoms with van der Waals surface area (Å²) in [5.41, 5.74) is 0.786. The van der Waals surface area contributed by atoms with Crippen LogP contribution >= 0.6 is 23.2 Å². The van der Waals surface area contributed by atoms with Crippen LogP contribution in [0.4, 0.5) is 11.9 Å². The predicted octanol–water partition coefficient (Wildman–Crippen LogP) is 3.99. The Labute approximate surface area is 164 Å². The Morgan fingerprint density at radius 2 is 1.07 bits per heavy atom. The summed E-state index contributed by atoms with van der Waals surface area (Å²) in [7, 11) is 0. The molecule has 0 aliphatic heterocycles. The van der Waals surface area contributed by atoms with E-state index < -0.39 is 11.8 Å². The van der Waals surface area contributed by atoms with Gasteiger partial charge in [0.15, 0.2) is 0 Å². The molecule has 1 heterocycles. The Morgan fingerprint density at radius 3 is 1.44 bits per heavy atom. The molecule has 0 aliphatic rings. The van der Waals surface area contributed by atoms with Gasteiger partial charge in [0, 0.05) is 21.2 Å². The Morgan fingerprint density at radius 1 is 0.704 bits per heavy atom. The molecular weight excluding hydrogens is 389 g/mol. The van der Waals surface area contributed by atoms with Crippen molar-refractivity contribution in [1.82, 2.24) is 15.0 Å². The lowest BCUT2D eigenvalue weighted by Crippen LogP contribution is -2.18. The van der Waals surface area contributed by atoms with Gasteiger partial charge in [0.25, 0.3) is 11.8 Å². The number of anilines is 2. The molecule has 0 saturated heterocycles. The number of halogens is 2. The van der Waals surface area contributed by atoms with Gasteiger partial charge in [-0.2, -0.15) is 15.0 Å². The van der Waals surface area contributed by atoms with Crippen molar-refractivity contribution >= 4 is 46.9 Å². The lowest BCUT2D eigenvalue weighted by molar-refractivity contribution is 0.101. The van der Waals surface area contributed by atoms with Crippen molar-refractivity contribution in [3.63, 3.8) is 0 Å². The fourth-order valence-corrected chi connectivity index (χ4v) is 2.40. The highest BCUT2D eigenvalue weighted by Gasteiger charge is 2.13. The summed E-state index contributed by atoms with van der Waals surface area (Å²) in [6.45, 7) is 1.62. The molecule has 2 N–H and O–H groups in total. The van der Waals surface area contributed by atoms with E-state index in [0.717, 1.165) is 0 Å². The fraction of sp³-hybridized carbons (Fsp3) is 0.0556. The topological polar surface area (TPSA) is 96.9 Å². The van der Waals surface area contributed by atoms with Crippen molar-refractivity contribution in [2.75, 3.05) is 10.6 Å². The number of amides is 2. The van der Waals surface area contributed by atoms with Gasteiger partial charge in [-0.15, -0.1) is 0 Å². The summed E-state index contributed by atoms with van der Waals surface area (Å²) in [5, 5.41) is 6.18. The minimum absolute atomic E-state index is 0.0221. The summed E-state index contributed by atoms with van der Waals surface area (Å²) in [6, 6.07) is 12.7. The molecule has 0 atom stereocenters. The summed E-state index contributed by atoms with van der Waals surface area (Å²) in [6.07, 6.45) is 0. The summed E-state index contributed by atoms with van der Waals surface area (Å²) < 4.78 is 0. The van der Waals surface area contributed by atoms with Crippen molar-refractivity contribution in [3.05, 3.63) is 75.5 Å². The average molecular weight is 402 g/mol. The molecule has 27 heavy (non-hydrogen) atoms. The van der Waals surface area contributed by atoms with Gasteiger partial charge in [-0.1, -0.05) is 23.2 Å². The van der Waals surface area contributed by atoms with Crippen molar-refractivity contribution < 1.29 is 9.59 Å². The van der Waals surface area contributed by atoms with Crippen LogP contribution in [0.5, 0.6) is 0 Å². The maximum Gasteiger partial charge on any atom is 0.258 e. The SMILES string of the molecule is Cc1nc(NC(=O)c2ccc(Cl)cc2)nc(NC(=O)c2ccc(Cl)cc2)n1. The van der Waals surface area contributed by atoms with Gasteiger partial charge in [0.2, 0.25) is 11.9 Å². The number of nitrogens with zero attached hydrogens (tertiary/aromatic N) is 3. The number of aromatic nitrogens is 3. The maximum atomic E-state index is 12.3. The second-order valence-corrected chi connectivity index (χ2v) is 6.32. The molecule has 3 aromatic rings. The Hall–Kier alpha value is -3.03. The van der Waals surface area contributed by atoms with Gasteiger partial charge in [0.05, 0.1) is 0 Å². The first-order valence-corrected chi connectivity index (χ1v) is 8.53. The molecular formula is C18H13Cl2N5O2.